The number of hydrogen-bond acceptors (Lipinski definition) is 4. The number of aryl methyl sites for hydroxylation is 2. The molecule has 0 unspecified atom stereocenters. The second-order valence-electron chi connectivity index (χ2n) is 9.33. The molecule has 4 nitrogen and oxygen atoms in total. The SMILES string of the molecule is C=C(C)C(=O)OCc1c(OCCO)ccc(-c2ccc(-c3ccc(CCCCC)cc3)cc2C)c1C. The molecular weight excluding hydrogens is 448 g/mol. The molecular formula is C32H38O4. The van der Waals surface area contributed by atoms with Crippen LogP contribution >= 0.6 is 0 Å². The van der Waals surface area contributed by atoms with Crippen LogP contribution in [0.5, 0.6) is 5.75 Å². The van der Waals surface area contributed by atoms with Crippen molar-refractivity contribution in [2.45, 2.75) is 60.0 Å². The summed E-state index contributed by atoms with van der Waals surface area (Å²) in [5.41, 5.74) is 9.24. The number of aliphatic hydroxyl groups is 1. The van der Waals surface area contributed by atoms with Crippen molar-refractivity contribution in [3.05, 3.63) is 89.0 Å². The van der Waals surface area contributed by atoms with Gasteiger partial charge in [0.15, 0.2) is 0 Å². The van der Waals surface area contributed by atoms with Crippen LogP contribution < -0.4 is 4.74 Å². The molecule has 0 aliphatic heterocycles. The van der Waals surface area contributed by atoms with Crippen molar-refractivity contribution >= 4 is 5.97 Å². The molecule has 0 saturated heterocycles. The highest BCUT2D eigenvalue weighted by atomic mass is 16.5. The van der Waals surface area contributed by atoms with Crippen molar-refractivity contribution in [2.75, 3.05) is 13.2 Å². The first-order valence-electron chi connectivity index (χ1n) is 12.7. The molecule has 1 N–H and O–H groups in total. The van der Waals surface area contributed by atoms with Crippen LogP contribution in [0.4, 0.5) is 0 Å². The van der Waals surface area contributed by atoms with Gasteiger partial charge in [0.1, 0.15) is 19.0 Å². The number of carbonyl (C=O) groups is 1. The molecule has 0 amide bonds. The predicted octanol–water partition coefficient (Wildman–Crippen LogP) is 7.36. The monoisotopic (exact) mass is 486 g/mol. The lowest BCUT2D eigenvalue weighted by Gasteiger charge is -2.18. The molecule has 0 aliphatic rings. The Hall–Kier alpha value is -3.37. The van der Waals surface area contributed by atoms with Crippen LogP contribution in [0.2, 0.25) is 0 Å². The van der Waals surface area contributed by atoms with Crippen molar-refractivity contribution in [2.24, 2.45) is 0 Å². The van der Waals surface area contributed by atoms with E-state index in [1.54, 1.807) is 6.92 Å². The summed E-state index contributed by atoms with van der Waals surface area (Å²) in [5, 5.41) is 9.21. The molecule has 0 saturated carbocycles. The molecule has 3 aromatic carbocycles. The van der Waals surface area contributed by atoms with E-state index in [1.165, 1.54) is 36.0 Å². The maximum absolute atomic E-state index is 12.0. The average molecular weight is 487 g/mol. The molecule has 0 aliphatic carbocycles. The van der Waals surface area contributed by atoms with E-state index in [1.807, 2.05) is 19.1 Å². The van der Waals surface area contributed by atoms with Gasteiger partial charge in [-0.3, -0.25) is 0 Å². The van der Waals surface area contributed by atoms with Crippen LogP contribution in [0.25, 0.3) is 22.3 Å². The smallest absolute Gasteiger partial charge is 0.333 e. The Morgan fingerprint density at radius 1 is 0.944 bits per heavy atom. The van der Waals surface area contributed by atoms with Crippen molar-refractivity contribution in [1.29, 1.82) is 0 Å². The zero-order valence-corrected chi connectivity index (χ0v) is 22.0. The zero-order chi connectivity index (χ0) is 26.1. The van der Waals surface area contributed by atoms with E-state index in [4.69, 9.17) is 9.47 Å². The second-order valence-corrected chi connectivity index (χ2v) is 9.33. The van der Waals surface area contributed by atoms with Gasteiger partial charge in [-0.2, -0.15) is 0 Å². The van der Waals surface area contributed by atoms with E-state index in [0.717, 1.165) is 34.2 Å². The number of hydrogen-bond donors (Lipinski definition) is 1. The lowest BCUT2D eigenvalue weighted by Crippen LogP contribution is -2.10. The summed E-state index contributed by atoms with van der Waals surface area (Å²) in [4.78, 5) is 12.0. The molecule has 3 rings (SSSR count). The Bertz CT molecular complexity index is 1190. The Labute approximate surface area is 215 Å². The Balaban J connectivity index is 1.89. The van der Waals surface area contributed by atoms with Crippen molar-refractivity contribution in [1.82, 2.24) is 0 Å². The van der Waals surface area contributed by atoms with E-state index in [9.17, 15) is 9.90 Å². The summed E-state index contributed by atoms with van der Waals surface area (Å²) in [6.07, 6.45) is 4.88. The lowest BCUT2D eigenvalue weighted by molar-refractivity contribution is -0.140. The van der Waals surface area contributed by atoms with Crippen LogP contribution in [-0.4, -0.2) is 24.3 Å². The molecule has 3 aromatic rings. The normalized spacial score (nSPS) is 10.8. The predicted molar refractivity (Wildman–Crippen MR) is 147 cm³/mol. The van der Waals surface area contributed by atoms with Gasteiger partial charge < -0.3 is 14.6 Å². The quantitative estimate of drug-likeness (QED) is 0.165. The third-order valence-electron chi connectivity index (χ3n) is 6.47. The molecule has 0 heterocycles. The van der Waals surface area contributed by atoms with E-state index < -0.39 is 5.97 Å². The molecule has 36 heavy (non-hydrogen) atoms. The van der Waals surface area contributed by atoms with E-state index in [2.05, 4.69) is 62.9 Å². The number of carbonyl (C=O) groups excluding carboxylic acids is 1. The van der Waals surface area contributed by atoms with E-state index in [0.29, 0.717) is 11.3 Å². The van der Waals surface area contributed by atoms with E-state index >= 15 is 0 Å². The van der Waals surface area contributed by atoms with Gasteiger partial charge >= 0.3 is 5.97 Å². The van der Waals surface area contributed by atoms with Gasteiger partial charge in [-0.05, 0) is 78.6 Å². The molecule has 190 valence electrons. The Morgan fingerprint density at radius 3 is 2.28 bits per heavy atom. The fraction of sp³-hybridized carbons (Fsp3) is 0.344. The number of ether oxygens (including phenoxy) is 2. The first-order valence-corrected chi connectivity index (χ1v) is 12.7. The highest BCUT2D eigenvalue weighted by molar-refractivity contribution is 5.87. The van der Waals surface area contributed by atoms with Gasteiger partial charge in [-0.25, -0.2) is 4.79 Å². The van der Waals surface area contributed by atoms with Crippen LogP contribution in [0, 0.1) is 13.8 Å². The summed E-state index contributed by atoms with van der Waals surface area (Å²) in [6.45, 7) is 11.8. The number of benzene rings is 3. The van der Waals surface area contributed by atoms with Crippen LogP contribution in [0.3, 0.4) is 0 Å². The van der Waals surface area contributed by atoms with Gasteiger partial charge in [-0.1, -0.05) is 74.9 Å². The molecule has 0 radical (unpaired) electrons. The lowest BCUT2D eigenvalue weighted by atomic mass is 9.91. The molecule has 0 aromatic heterocycles. The largest absolute Gasteiger partial charge is 0.491 e. The topological polar surface area (TPSA) is 55.8 Å². The maximum atomic E-state index is 12.0. The van der Waals surface area contributed by atoms with Crippen LogP contribution in [0.1, 0.15) is 55.4 Å². The summed E-state index contributed by atoms with van der Waals surface area (Å²) in [7, 11) is 0. The fourth-order valence-corrected chi connectivity index (χ4v) is 4.34. The third-order valence-corrected chi connectivity index (χ3v) is 6.47. The summed E-state index contributed by atoms with van der Waals surface area (Å²) >= 11 is 0. The molecule has 0 atom stereocenters. The first kappa shape index (κ1) is 27.2. The highest BCUT2D eigenvalue weighted by Crippen LogP contribution is 2.35. The second kappa shape index (κ2) is 13.1. The number of esters is 1. The average Bonchev–Trinajstić information content (AvgIpc) is 2.87. The minimum atomic E-state index is -0.440. The summed E-state index contributed by atoms with van der Waals surface area (Å²) in [6, 6.07) is 19.3. The fourth-order valence-electron chi connectivity index (χ4n) is 4.34. The molecule has 0 fully saturated rings. The maximum Gasteiger partial charge on any atom is 0.333 e. The first-order chi connectivity index (χ1) is 17.3. The van der Waals surface area contributed by atoms with Gasteiger partial charge in [0.25, 0.3) is 0 Å². The summed E-state index contributed by atoms with van der Waals surface area (Å²) < 4.78 is 11.2. The number of rotatable bonds is 12. The summed E-state index contributed by atoms with van der Waals surface area (Å²) in [5.74, 6) is 0.165. The molecule has 4 heteroatoms. The molecule has 0 bridgehead atoms. The van der Waals surface area contributed by atoms with Gasteiger partial charge in [0.05, 0.1) is 6.61 Å². The van der Waals surface area contributed by atoms with Crippen LogP contribution in [-0.2, 0) is 22.6 Å². The van der Waals surface area contributed by atoms with Crippen LogP contribution in [0.15, 0.2) is 66.7 Å². The third kappa shape index (κ3) is 6.86. The number of aliphatic hydroxyl groups excluding tert-OH is 1. The van der Waals surface area contributed by atoms with Crippen molar-refractivity contribution in [3.8, 4) is 28.0 Å². The van der Waals surface area contributed by atoms with Gasteiger partial charge in [0.2, 0.25) is 0 Å². The standard InChI is InChI=1S/C32H38O4/c1-6-7-8-9-25-10-12-26(13-11-25)27-14-15-28(23(4)20-27)29-16-17-31(35-19-18-33)30(24(29)5)21-36-32(34)22(2)3/h10-17,20,33H,2,6-9,18-19,21H2,1,3-5H3. The molecule has 0 spiro atoms. The van der Waals surface area contributed by atoms with E-state index in [-0.39, 0.29) is 19.8 Å². The minimum Gasteiger partial charge on any atom is -0.491 e. The minimum absolute atomic E-state index is 0.0772. The zero-order valence-electron chi connectivity index (χ0n) is 22.0. The highest BCUT2D eigenvalue weighted by Gasteiger charge is 2.16. The van der Waals surface area contributed by atoms with Gasteiger partial charge in [-0.15, -0.1) is 0 Å². The number of unbranched alkanes of at least 4 members (excludes halogenated alkanes) is 2. The Morgan fingerprint density at radius 2 is 1.64 bits per heavy atom. The van der Waals surface area contributed by atoms with Gasteiger partial charge in [0, 0.05) is 11.1 Å². The van der Waals surface area contributed by atoms with Crippen molar-refractivity contribution in [3.63, 3.8) is 0 Å². The Kier molecular flexibility index (Phi) is 9.89. The van der Waals surface area contributed by atoms with Crippen molar-refractivity contribution < 1.29 is 19.4 Å².